The Morgan fingerprint density at radius 2 is 2.10 bits per heavy atom. The lowest BCUT2D eigenvalue weighted by Gasteiger charge is -2.12. The molecule has 2 rings (SSSR count). The van der Waals surface area contributed by atoms with Crippen molar-refractivity contribution in [1.82, 2.24) is 9.55 Å². The summed E-state index contributed by atoms with van der Waals surface area (Å²) < 4.78 is 39.6. The first-order valence-electron chi connectivity index (χ1n) is 6.11. The molecule has 0 saturated carbocycles. The monoisotopic (exact) mass is 279 g/mol. The van der Waals surface area contributed by atoms with Gasteiger partial charge >= 0.3 is 6.18 Å². The summed E-state index contributed by atoms with van der Waals surface area (Å²) in [5.41, 5.74) is -0.424. The van der Waals surface area contributed by atoms with E-state index in [0.29, 0.717) is 12.1 Å². The summed E-state index contributed by atoms with van der Waals surface area (Å²) in [6, 6.07) is 4.97. The molecule has 0 aliphatic heterocycles. The zero-order valence-corrected chi connectivity index (χ0v) is 10.8. The van der Waals surface area contributed by atoms with E-state index in [9.17, 15) is 13.2 Å². The van der Waals surface area contributed by atoms with Crippen molar-refractivity contribution in [3.05, 3.63) is 47.5 Å². The standard InChI is InChI=1S/C14H12F3N3/c1-2-3-13-19-6-7-20(13)12-5-4-11(14(15,16)17)8-10(12)9-18/h4-8H,2-3H2,1H3. The Balaban J connectivity index is 2.53. The van der Waals surface area contributed by atoms with E-state index >= 15 is 0 Å². The smallest absolute Gasteiger partial charge is 0.302 e. The lowest BCUT2D eigenvalue weighted by atomic mass is 10.1. The molecule has 0 aliphatic rings. The molecule has 0 aliphatic carbocycles. The Morgan fingerprint density at radius 1 is 1.35 bits per heavy atom. The van der Waals surface area contributed by atoms with E-state index < -0.39 is 11.7 Å². The van der Waals surface area contributed by atoms with Gasteiger partial charge in [0.2, 0.25) is 0 Å². The maximum atomic E-state index is 12.6. The van der Waals surface area contributed by atoms with Gasteiger partial charge in [0, 0.05) is 18.8 Å². The number of halogens is 3. The van der Waals surface area contributed by atoms with E-state index in [1.54, 1.807) is 17.0 Å². The van der Waals surface area contributed by atoms with Crippen LogP contribution in [0.25, 0.3) is 5.69 Å². The zero-order chi connectivity index (χ0) is 14.8. The lowest BCUT2D eigenvalue weighted by Crippen LogP contribution is -2.08. The van der Waals surface area contributed by atoms with Crippen LogP contribution in [0.4, 0.5) is 13.2 Å². The molecule has 1 aromatic heterocycles. The summed E-state index contributed by atoms with van der Waals surface area (Å²) in [4.78, 5) is 4.16. The van der Waals surface area contributed by atoms with E-state index in [0.717, 1.165) is 24.4 Å². The maximum Gasteiger partial charge on any atom is 0.416 e. The second kappa shape index (κ2) is 5.37. The molecule has 0 radical (unpaired) electrons. The van der Waals surface area contributed by atoms with Gasteiger partial charge in [0.05, 0.1) is 16.8 Å². The molecule has 20 heavy (non-hydrogen) atoms. The molecule has 0 bridgehead atoms. The van der Waals surface area contributed by atoms with E-state index in [2.05, 4.69) is 4.98 Å². The molecule has 1 aromatic carbocycles. The quantitative estimate of drug-likeness (QED) is 0.859. The van der Waals surface area contributed by atoms with Crippen LogP contribution in [-0.4, -0.2) is 9.55 Å². The second-order valence-corrected chi connectivity index (χ2v) is 4.30. The van der Waals surface area contributed by atoms with Gasteiger partial charge in [-0.15, -0.1) is 0 Å². The Bertz CT molecular complexity index is 650. The number of imidazole rings is 1. The number of hydrogen-bond acceptors (Lipinski definition) is 2. The third-order valence-corrected chi connectivity index (χ3v) is 2.89. The zero-order valence-electron chi connectivity index (χ0n) is 10.8. The van der Waals surface area contributed by atoms with Gasteiger partial charge < -0.3 is 4.57 Å². The average Bonchev–Trinajstić information content (AvgIpc) is 2.85. The molecule has 2 aromatic rings. The minimum absolute atomic E-state index is 0.0184. The third kappa shape index (κ3) is 2.67. The first-order valence-corrected chi connectivity index (χ1v) is 6.11. The number of hydrogen-bond donors (Lipinski definition) is 0. The van der Waals surface area contributed by atoms with E-state index in [1.807, 2.05) is 13.0 Å². The molecule has 0 spiro atoms. The lowest BCUT2D eigenvalue weighted by molar-refractivity contribution is -0.137. The van der Waals surface area contributed by atoms with Crippen LogP contribution in [0, 0.1) is 11.3 Å². The van der Waals surface area contributed by atoms with Crippen molar-refractivity contribution in [3.8, 4) is 11.8 Å². The Morgan fingerprint density at radius 3 is 2.70 bits per heavy atom. The molecule has 0 N–H and O–H groups in total. The minimum Gasteiger partial charge on any atom is -0.302 e. The highest BCUT2D eigenvalue weighted by Gasteiger charge is 2.31. The first kappa shape index (κ1) is 14.1. The minimum atomic E-state index is -4.45. The molecule has 104 valence electrons. The predicted molar refractivity (Wildman–Crippen MR) is 67.3 cm³/mol. The number of rotatable bonds is 3. The van der Waals surface area contributed by atoms with Crippen LogP contribution < -0.4 is 0 Å². The van der Waals surface area contributed by atoms with Gasteiger partial charge in [-0.25, -0.2) is 4.98 Å². The van der Waals surface area contributed by atoms with Crippen LogP contribution in [0.15, 0.2) is 30.6 Å². The summed E-state index contributed by atoms with van der Waals surface area (Å²) in [7, 11) is 0. The van der Waals surface area contributed by atoms with Crippen LogP contribution in [0.3, 0.4) is 0 Å². The Labute approximate surface area is 114 Å². The molecule has 0 amide bonds. The predicted octanol–water partition coefficient (Wildman–Crippen LogP) is 3.72. The molecule has 0 fully saturated rings. The van der Waals surface area contributed by atoms with Crippen LogP contribution >= 0.6 is 0 Å². The number of nitriles is 1. The fourth-order valence-electron chi connectivity index (χ4n) is 1.97. The van der Waals surface area contributed by atoms with Gasteiger partial charge in [0.1, 0.15) is 11.9 Å². The summed E-state index contributed by atoms with van der Waals surface area (Å²) in [5.74, 6) is 0.726. The van der Waals surface area contributed by atoms with Gasteiger partial charge in [-0.05, 0) is 24.6 Å². The molecule has 0 unspecified atom stereocenters. The van der Waals surface area contributed by atoms with Gasteiger partial charge in [0.15, 0.2) is 0 Å². The fourth-order valence-corrected chi connectivity index (χ4v) is 1.97. The molecule has 1 heterocycles. The van der Waals surface area contributed by atoms with Crippen molar-refractivity contribution >= 4 is 0 Å². The number of benzene rings is 1. The van der Waals surface area contributed by atoms with E-state index in [1.165, 1.54) is 6.07 Å². The van der Waals surface area contributed by atoms with Crippen molar-refractivity contribution < 1.29 is 13.2 Å². The largest absolute Gasteiger partial charge is 0.416 e. The topological polar surface area (TPSA) is 41.6 Å². The summed E-state index contributed by atoms with van der Waals surface area (Å²) in [6.45, 7) is 1.98. The van der Waals surface area contributed by atoms with Crippen LogP contribution in [-0.2, 0) is 12.6 Å². The second-order valence-electron chi connectivity index (χ2n) is 4.30. The number of aromatic nitrogens is 2. The highest BCUT2D eigenvalue weighted by molar-refractivity contribution is 5.51. The maximum absolute atomic E-state index is 12.6. The molecule has 3 nitrogen and oxygen atoms in total. The normalized spacial score (nSPS) is 11.3. The van der Waals surface area contributed by atoms with Crippen molar-refractivity contribution in [2.45, 2.75) is 25.9 Å². The number of alkyl halides is 3. The summed E-state index contributed by atoms with van der Waals surface area (Å²) in [6.07, 6.45) is 0.321. The van der Waals surface area contributed by atoms with Gasteiger partial charge in [0.25, 0.3) is 0 Å². The van der Waals surface area contributed by atoms with Crippen LogP contribution in [0.2, 0.25) is 0 Å². The number of nitrogens with zero attached hydrogens (tertiary/aromatic N) is 3. The molecule has 0 saturated heterocycles. The van der Waals surface area contributed by atoms with Crippen molar-refractivity contribution in [3.63, 3.8) is 0 Å². The molecular formula is C14H12F3N3. The van der Waals surface area contributed by atoms with E-state index in [4.69, 9.17) is 5.26 Å². The molecule has 6 heteroatoms. The average molecular weight is 279 g/mol. The molecular weight excluding hydrogens is 267 g/mol. The van der Waals surface area contributed by atoms with Crippen LogP contribution in [0.1, 0.15) is 30.3 Å². The summed E-state index contributed by atoms with van der Waals surface area (Å²) in [5, 5.41) is 9.08. The van der Waals surface area contributed by atoms with Gasteiger partial charge in [-0.3, -0.25) is 0 Å². The highest BCUT2D eigenvalue weighted by Crippen LogP contribution is 2.31. The van der Waals surface area contributed by atoms with E-state index in [-0.39, 0.29) is 5.56 Å². The first-order chi connectivity index (χ1) is 9.47. The fraction of sp³-hybridized carbons (Fsp3) is 0.286. The van der Waals surface area contributed by atoms with Crippen molar-refractivity contribution in [2.24, 2.45) is 0 Å². The number of aryl methyl sites for hydroxylation is 1. The Kier molecular flexibility index (Phi) is 3.79. The summed E-state index contributed by atoms with van der Waals surface area (Å²) >= 11 is 0. The van der Waals surface area contributed by atoms with Crippen LogP contribution in [0.5, 0.6) is 0 Å². The third-order valence-electron chi connectivity index (χ3n) is 2.89. The van der Waals surface area contributed by atoms with Crippen molar-refractivity contribution in [1.29, 1.82) is 5.26 Å². The SMILES string of the molecule is CCCc1nccn1-c1ccc(C(F)(F)F)cc1C#N. The van der Waals surface area contributed by atoms with Gasteiger partial charge in [-0.2, -0.15) is 18.4 Å². The molecule has 0 atom stereocenters. The highest BCUT2D eigenvalue weighted by atomic mass is 19.4. The van der Waals surface area contributed by atoms with Crippen molar-refractivity contribution in [2.75, 3.05) is 0 Å². The van der Waals surface area contributed by atoms with Gasteiger partial charge in [-0.1, -0.05) is 6.92 Å². The Hall–Kier alpha value is -2.29.